The minimum atomic E-state index is 0.0694. The van der Waals surface area contributed by atoms with Crippen LogP contribution in [0.5, 0.6) is 11.5 Å². The van der Waals surface area contributed by atoms with E-state index in [0.29, 0.717) is 24.6 Å². The lowest BCUT2D eigenvalue weighted by Gasteiger charge is -2.32. The highest BCUT2D eigenvalue weighted by molar-refractivity contribution is 5.48. The molecule has 0 bridgehead atoms. The molecule has 32 heavy (non-hydrogen) atoms. The summed E-state index contributed by atoms with van der Waals surface area (Å²) in [4.78, 5) is 7.15. The van der Waals surface area contributed by atoms with Crippen molar-refractivity contribution in [2.75, 3.05) is 31.1 Å². The molecule has 168 valence electrons. The Morgan fingerprint density at radius 3 is 1.62 bits per heavy atom. The minimum Gasteiger partial charge on any atom is -0.508 e. The van der Waals surface area contributed by atoms with Gasteiger partial charge in [-0.1, -0.05) is 48.5 Å². The Morgan fingerprint density at radius 1 is 0.719 bits per heavy atom. The minimum absolute atomic E-state index is 0.0694. The monoisotopic (exact) mass is 431 g/mol. The molecule has 0 amide bonds. The molecule has 1 fully saturated rings. The number of benzene rings is 3. The zero-order valence-corrected chi connectivity index (χ0v) is 19.0. The molecule has 0 unspecified atom stereocenters. The molecule has 3 aromatic rings. The average Bonchev–Trinajstić information content (AvgIpc) is 3.20. The summed E-state index contributed by atoms with van der Waals surface area (Å²) in [7, 11) is 0. The average molecular weight is 432 g/mol. The maximum Gasteiger partial charge on any atom is 0.120 e. The van der Waals surface area contributed by atoms with Gasteiger partial charge in [-0.15, -0.1) is 0 Å². The van der Waals surface area contributed by atoms with Gasteiger partial charge in [-0.3, -0.25) is 9.80 Å². The number of phenols is 2. The van der Waals surface area contributed by atoms with E-state index in [2.05, 4.69) is 52.8 Å². The van der Waals surface area contributed by atoms with Gasteiger partial charge in [0.1, 0.15) is 11.5 Å². The quantitative estimate of drug-likeness (QED) is 0.528. The predicted molar refractivity (Wildman–Crippen MR) is 130 cm³/mol. The predicted octanol–water partition coefficient (Wildman–Crippen LogP) is 4.96. The Morgan fingerprint density at radius 2 is 1.19 bits per heavy atom. The van der Waals surface area contributed by atoms with E-state index in [1.165, 1.54) is 11.3 Å². The Balaban J connectivity index is 1.63. The van der Waals surface area contributed by atoms with Crippen LogP contribution in [-0.4, -0.2) is 46.2 Å². The van der Waals surface area contributed by atoms with Crippen molar-refractivity contribution < 1.29 is 10.2 Å². The van der Waals surface area contributed by atoms with Gasteiger partial charge < -0.3 is 15.1 Å². The van der Waals surface area contributed by atoms with Crippen LogP contribution in [0.15, 0.2) is 72.8 Å². The molecule has 5 nitrogen and oxygen atoms in total. The molecule has 1 aliphatic rings. The Labute approximate surface area is 191 Å². The highest BCUT2D eigenvalue weighted by Crippen LogP contribution is 2.35. The van der Waals surface area contributed by atoms with Crippen LogP contribution < -0.4 is 4.90 Å². The highest BCUT2D eigenvalue weighted by atomic mass is 16.3. The zero-order chi connectivity index (χ0) is 22.5. The molecule has 0 atom stereocenters. The highest BCUT2D eigenvalue weighted by Gasteiger charge is 2.34. The summed E-state index contributed by atoms with van der Waals surface area (Å²) in [5, 5.41) is 20.7. The standard InChI is InChI=1S/C27H33N3O2/c1-3-28(4-2)24-15-13-21(14-16-24)27-29(19-22-9-5-7-11-25(22)31)17-18-30(27)20-23-10-6-8-12-26(23)32/h5-16,27,31-32H,3-4,17-20H2,1-2H3. The molecule has 4 rings (SSSR count). The van der Waals surface area contributed by atoms with Gasteiger partial charge in [0.2, 0.25) is 0 Å². The lowest BCUT2D eigenvalue weighted by atomic mass is 10.1. The fourth-order valence-corrected chi connectivity index (χ4v) is 4.66. The van der Waals surface area contributed by atoms with Gasteiger partial charge in [-0.05, 0) is 43.7 Å². The van der Waals surface area contributed by atoms with Gasteiger partial charge in [0.25, 0.3) is 0 Å². The number of anilines is 1. The molecule has 1 saturated heterocycles. The van der Waals surface area contributed by atoms with E-state index < -0.39 is 0 Å². The van der Waals surface area contributed by atoms with Crippen LogP contribution in [0, 0.1) is 0 Å². The molecule has 5 heteroatoms. The van der Waals surface area contributed by atoms with Crippen molar-refractivity contribution in [3.63, 3.8) is 0 Å². The van der Waals surface area contributed by atoms with Crippen molar-refractivity contribution >= 4 is 5.69 Å². The lowest BCUT2D eigenvalue weighted by Crippen LogP contribution is -2.30. The van der Waals surface area contributed by atoms with Gasteiger partial charge in [0, 0.05) is 56.1 Å². The smallest absolute Gasteiger partial charge is 0.120 e. The van der Waals surface area contributed by atoms with Gasteiger partial charge in [0.15, 0.2) is 0 Å². The first kappa shape index (κ1) is 22.2. The van der Waals surface area contributed by atoms with Crippen LogP contribution in [0.4, 0.5) is 5.69 Å². The zero-order valence-electron chi connectivity index (χ0n) is 19.0. The summed E-state index contributed by atoms with van der Waals surface area (Å²) in [6.07, 6.45) is 0.0694. The molecule has 0 radical (unpaired) electrons. The van der Waals surface area contributed by atoms with Gasteiger partial charge in [-0.25, -0.2) is 0 Å². The number of nitrogens with zero attached hydrogens (tertiary/aromatic N) is 3. The summed E-state index contributed by atoms with van der Waals surface area (Å²) < 4.78 is 0. The Hall–Kier alpha value is -3.02. The van der Waals surface area contributed by atoms with Crippen molar-refractivity contribution in [2.24, 2.45) is 0 Å². The molecule has 0 aliphatic carbocycles. The second-order valence-corrected chi connectivity index (χ2v) is 8.34. The molecule has 0 spiro atoms. The van der Waals surface area contributed by atoms with Crippen molar-refractivity contribution in [3.05, 3.63) is 89.5 Å². The third-order valence-electron chi connectivity index (χ3n) is 6.42. The van der Waals surface area contributed by atoms with Crippen LogP contribution in [0.25, 0.3) is 0 Å². The summed E-state index contributed by atoms with van der Waals surface area (Å²) in [6, 6.07) is 24.0. The third kappa shape index (κ3) is 4.74. The van der Waals surface area contributed by atoms with Crippen LogP contribution in [0.3, 0.4) is 0 Å². The molecule has 1 heterocycles. The van der Waals surface area contributed by atoms with E-state index >= 15 is 0 Å². The van der Waals surface area contributed by atoms with Crippen LogP contribution in [0.1, 0.15) is 36.7 Å². The number of aromatic hydroxyl groups is 2. The second-order valence-electron chi connectivity index (χ2n) is 8.34. The largest absolute Gasteiger partial charge is 0.508 e. The molecular formula is C27H33N3O2. The Bertz CT molecular complexity index is 962. The first-order chi connectivity index (χ1) is 15.6. The first-order valence-electron chi connectivity index (χ1n) is 11.5. The summed E-state index contributed by atoms with van der Waals surface area (Å²) >= 11 is 0. The van der Waals surface area contributed by atoms with E-state index in [0.717, 1.165) is 37.3 Å². The van der Waals surface area contributed by atoms with E-state index in [1.54, 1.807) is 12.1 Å². The molecule has 0 aromatic heterocycles. The molecular weight excluding hydrogens is 398 g/mol. The van der Waals surface area contributed by atoms with E-state index in [1.807, 2.05) is 36.4 Å². The maximum atomic E-state index is 10.3. The fourth-order valence-electron chi connectivity index (χ4n) is 4.66. The number of phenolic OH excluding ortho intramolecular Hbond substituents is 2. The van der Waals surface area contributed by atoms with Crippen molar-refractivity contribution in [2.45, 2.75) is 33.1 Å². The SMILES string of the molecule is CCN(CC)c1ccc(C2N(Cc3ccccc3O)CCN2Cc2ccccc2O)cc1. The number of para-hydroxylation sites is 2. The number of hydrogen-bond donors (Lipinski definition) is 2. The first-order valence-corrected chi connectivity index (χ1v) is 11.5. The Kier molecular flexibility index (Phi) is 6.98. The lowest BCUT2D eigenvalue weighted by molar-refractivity contribution is 0.124. The van der Waals surface area contributed by atoms with Crippen LogP contribution >= 0.6 is 0 Å². The van der Waals surface area contributed by atoms with Crippen molar-refractivity contribution in [1.29, 1.82) is 0 Å². The third-order valence-corrected chi connectivity index (χ3v) is 6.42. The van der Waals surface area contributed by atoms with Crippen LogP contribution in [0.2, 0.25) is 0 Å². The van der Waals surface area contributed by atoms with E-state index in [4.69, 9.17) is 0 Å². The van der Waals surface area contributed by atoms with Crippen molar-refractivity contribution in [3.8, 4) is 11.5 Å². The summed E-state index contributed by atoms with van der Waals surface area (Å²) in [5.74, 6) is 0.671. The molecule has 2 N–H and O–H groups in total. The molecule has 3 aromatic carbocycles. The maximum absolute atomic E-state index is 10.3. The van der Waals surface area contributed by atoms with E-state index in [9.17, 15) is 10.2 Å². The molecule has 1 aliphatic heterocycles. The topological polar surface area (TPSA) is 50.2 Å². The fraction of sp³-hybridized carbons (Fsp3) is 0.333. The number of rotatable bonds is 8. The van der Waals surface area contributed by atoms with E-state index in [-0.39, 0.29) is 6.17 Å². The van der Waals surface area contributed by atoms with Crippen LogP contribution in [-0.2, 0) is 13.1 Å². The van der Waals surface area contributed by atoms with Crippen molar-refractivity contribution in [1.82, 2.24) is 9.80 Å². The second kappa shape index (κ2) is 10.1. The van der Waals surface area contributed by atoms with Gasteiger partial charge >= 0.3 is 0 Å². The van der Waals surface area contributed by atoms with Gasteiger partial charge in [0.05, 0.1) is 6.17 Å². The summed E-state index contributed by atoms with van der Waals surface area (Å²) in [6.45, 7) is 9.46. The normalized spacial score (nSPS) is 15.3. The van der Waals surface area contributed by atoms with Gasteiger partial charge in [-0.2, -0.15) is 0 Å². The number of hydrogen-bond acceptors (Lipinski definition) is 5. The summed E-state index contributed by atoms with van der Waals surface area (Å²) in [5.41, 5.74) is 4.32. The molecule has 0 saturated carbocycles.